The lowest BCUT2D eigenvalue weighted by Gasteiger charge is -2.45. The molecule has 4 heteroatoms. The van der Waals surface area contributed by atoms with Gasteiger partial charge in [-0.2, -0.15) is 0 Å². The van der Waals surface area contributed by atoms with Crippen molar-refractivity contribution in [3.8, 4) is 0 Å². The van der Waals surface area contributed by atoms with Crippen LogP contribution in [0, 0.1) is 0 Å². The first kappa shape index (κ1) is 14.4. The fourth-order valence-corrected chi connectivity index (χ4v) is 2.30. The van der Waals surface area contributed by atoms with Gasteiger partial charge in [-0.3, -0.25) is 5.32 Å². The Bertz CT molecular complexity index is 328. The summed E-state index contributed by atoms with van der Waals surface area (Å²) < 4.78 is 0. The molecule has 0 amide bonds. The summed E-state index contributed by atoms with van der Waals surface area (Å²) in [5.74, 6) is 0. The van der Waals surface area contributed by atoms with Crippen molar-refractivity contribution in [2.75, 3.05) is 6.61 Å². The summed E-state index contributed by atoms with van der Waals surface area (Å²) in [5, 5.41) is 32.8. The van der Waals surface area contributed by atoms with Gasteiger partial charge < -0.3 is 15.3 Å². The summed E-state index contributed by atoms with van der Waals surface area (Å²) in [6.07, 6.45) is 3.47. The van der Waals surface area contributed by atoms with Crippen LogP contribution in [0.4, 0.5) is 0 Å². The topological polar surface area (TPSA) is 72.7 Å². The summed E-state index contributed by atoms with van der Waals surface area (Å²) in [6.45, 7) is 7.22. The second kappa shape index (κ2) is 4.90. The minimum atomic E-state index is -1.01. The first-order valence-electron chi connectivity index (χ1n) is 5.88. The third-order valence-corrected chi connectivity index (χ3v) is 2.89. The van der Waals surface area contributed by atoms with Crippen LogP contribution in [-0.2, 0) is 0 Å². The summed E-state index contributed by atoms with van der Waals surface area (Å²) in [5.41, 5.74) is -0.700. The Labute approximate surface area is 103 Å². The van der Waals surface area contributed by atoms with Gasteiger partial charge in [0.05, 0.1) is 24.4 Å². The zero-order valence-electron chi connectivity index (χ0n) is 10.9. The molecule has 0 saturated carbocycles. The lowest BCUT2D eigenvalue weighted by molar-refractivity contribution is 0.0357. The smallest absolute Gasteiger partial charge is 0.0968 e. The zero-order chi connectivity index (χ0) is 13.3. The van der Waals surface area contributed by atoms with Crippen molar-refractivity contribution in [1.82, 2.24) is 5.32 Å². The molecular formula is C13H23NO3. The summed E-state index contributed by atoms with van der Waals surface area (Å²) in [7, 11) is 0. The molecular weight excluding hydrogens is 218 g/mol. The number of aliphatic hydroxyl groups excluding tert-OH is 3. The van der Waals surface area contributed by atoms with Crippen LogP contribution in [0.15, 0.2) is 23.8 Å². The number of hydrogen-bond donors (Lipinski definition) is 4. The van der Waals surface area contributed by atoms with Crippen molar-refractivity contribution in [1.29, 1.82) is 0 Å². The molecule has 0 radical (unpaired) electrons. The number of aliphatic hydroxyl groups is 3. The Balaban J connectivity index is 3.17. The van der Waals surface area contributed by atoms with E-state index in [1.807, 2.05) is 20.8 Å². The van der Waals surface area contributed by atoms with Crippen molar-refractivity contribution >= 4 is 0 Å². The molecule has 0 saturated heterocycles. The van der Waals surface area contributed by atoms with E-state index in [-0.39, 0.29) is 12.1 Å². The van der Waals surface area contributed by atoms with Gasteiger partial charge in [0.15, 0.2) is 0 Å². The van der Waals surface area contributed by atoms with E-state index in [4.69, 9.17) is 0 Å². The molecule has 0 bridgehead atoms. The molecule has 1 aliphatic carbocycles. The minimum Gasteiger partial charge on any atom is -0.394 e. The van der Waals surface area contributed by atoms with Crippen LogP contribution >= 0.6 is 0 Å². The van der Waals surface area contributed by atoms with Crippen molar-refractivity contribution in [3.05, 3.63) is 23.8 Å². The number of hydrogen-bond acceptors (Lipinski definition) is 4. The Hall–Kier alpha value is -0.680. The maximum Gasteiger partial charge on any atom is 0.0968 e. The normalized spacial score (nSPS) is 31.2. The highest BCUT2D eigenvalue weighted by Gasteiger charge is 2.44. The highest BCUT2D eigenvalue weighted by atomic mass is 16.3. The predicted molar refractivity (Wildman–Crippen MR) is 67.6 cm³/mol. The third kappa shape index (κ3) is 2.96. The molecule has 0 heterocycles. The zero-order valence-corrected chi connectivity index (χ0v) is 10.9. The molecule has 0 aromatic rings. The average Bonchev–Trinajstić information content (AvgIpc) is 2.18. The molecule has 1 rings (SSSR count). The predicted octanol–water partition coefficient (Wildman–Crippen LogP) is 0.343. The van der Waals surface area contributed by atoms with Gasteiger partial charge in [-0.1, -0.05) is 18.2 Å². The molecule has 3 atom stereocenters. The van der Waals surface area contributed by atoms with E-state index in [9.17, 15) is 15.3 Å². The molecule has 0 fully saturated rings. The number of nitrogens with one attached hydrogen (secondary N) is 1. The lowest BCUT2D eigenvalue weighted by Crippen LogP contribution is -2.65. The van der Waals surface area contributed by atoms with Crippen LogP contribution < -0.4 is 5.32 Å². The van der Waals surface area contributed by atoms with Crippen molar-refractivity contribution in [2.24, 2.45) is 0 Å². The van der Waals surface area contributed by atoms with E-state index in [1.54, 1.807) is 25.2 Å². The van der Waals surface area contributed by atoms with E-state index >= 15 is 0 Å². The Morgan fingerprint density at radius 1 is 1.47 bits per heavy atom. The Morgan fingerprint density at radius 3 is 2.47 bits per heavy atom. The second-order valence-electron chi connectivity index (χ2n) is 5.63. The van der Waals surface area contributed by atoms with Crippen molar-refractivity contribution in [2.45, 2.75) is 51.0 Å². The molecule has 98 valence electrons. The monoisotopic (exact) mass is 241 g/mol. The van der Waals surface area contributed by atoms with Crippen LogP contribution in [0.5, 0.6) is 0 Å². The van der Waals surface area contributed by atoms with E-state index in [1.165, 1.54) is 0 Å². The molecule has 0 aliphatic heterocycles. The quantitative estimate of drug-likeness (QED) is 0.575. The molecule has 1 aliphatic rings. The van der Waals surface area contributed by atoms with Gasteiger partial charge in [0.25, 0.3) is 0 Å². The van der Waals surface area contributed by atoms with Gasteiger partial charge in [-0.25, -0.2) is 0 Å². The van der Waals surface area contributed by atoms with Crippen molar-refractivity contribution < 1.29 is 15.3 Å². The highest BCUT2D eigenvalue weighted by molar-refractivity contribution is 5.37. The largest absolute Gasteiger partial charge is 0.394 e. The Morgan fingerprint density at radius 2 is 2.06 bits per heavy atom. The summed E-state index contributed by atoms with van der Waals surface area (Å²) in [4.78, 5) is 0. The third-order valence-electron chi connectivity index (χ3n) is 2.89. The second-order valence-corrected chi connectivity index (χ2v) is 5.63. The first-order valence-corrected chi connectivity index (χ1v) is 5.88. The van der Waals surface area contributed by atoms with Gasteiger partial charge in [0, 0.05) is 5.54 Å². The standard InChI is InChI=1S/C13H23NO3/c1-9(16)10-6-5-7-11(17)13(10,8-15)14-12(2,3)4/h5-7,9,11,14-17H,8H2,1-4H3. The average molecular weight is 241 g/mol. The van der Waals surface area contributed by atoms with Gasteiger partial charge in [0.2, 0.25) is 0 Å². The maximum atomic E-state index is 10.1. The highest BCUT2D eigenvalue weighted by Crippen LogP contribution is 2.30. The molecule has 17 heavy (non-hydrogen) atoms. The number of allylic oxidation sites excluding steroid dienone is 2. The first-order chi connectivity index (χ1) is 7.73. The van der Waals surface area contributed by atoms with Gasteiger partial charge in [-0.05, 0) is 33.3 Å². The molecule has 4 nitrogen and oxygen atoms in total. The van der Waals surface area contributed by atoms with E-state index in [0.29, 0.717) is 5.57 Å². The van der Waals surface area contributed by atoms with Gasteiger partial charge >= 0.3 is 0 Å². The maximum absolute atomic E-state index is 10.1. The van der Waals surface area contributed by atoms with Crippen LogP contribution in [0.25, 0.3) is 0 Å². The van der Waals surface area contributed by atoms with E-state index < -0.39 is 17.7 Å². The van der Waals surface area contributed by atoms with Gasteiger partial charge in [-0.15, -0.1) is 0 Å². The summed E-state index contributed by atoms with van der Waals surface area (Å²) in [6, 6.07) is 0. The fraction of sp³-hybridized carbons (Fsp3) is 0.692. The molecule has 0 aromatic carbocycles. The molecule has 0 spiro atoms. The summed E-state index contributed by atoms with van der Waals surface area (Å²) >= 11 is 0. The lowest BCUT2D eigenvalue weighted by atomic mass is 9.77. The van der Waals surface area contributed by atoms with Gasteiger partial charge in [0.1, 0.15) is 0 Å². The molecule has 0 aromatic heterocycles. The van der Waals surface area contributed by atoms with E-state index in [0.717, 1.165) is 0 Å². The van der Waals surface area contributed by atoms with Crippen LogP contribution in [0.2, 0.25) is 0 Å². The Kier molecular flexibility index (Phi) is 4.15. The minimum absolute atomic E-state index is 0.271. The van der Waals surface area contributed by atoms with Crippen LogP contribution in [0.3, 0.4) is 0 Å². The van der Waals surface area contributed by atoms with Crippen molar-refractivity contribution in [3.63, 3.8) is 0 Å². The van der Waals surface area contributed by atoms with E-state index in [2.05, 4.69) is 5.32 Å². The van der Waals surface area contributed by atoms with Crippen LogP contribution in [0.1, 0.15) is 27.7 Å². The van der Waals surface area contributed by atoms with Crippen LogP contribution in [-0.4, -0.2) is 45.2 Å². The number of rotatable bonds is 3. The molecule has 4 N–H and O–H groups in total. The molecule has 3 unspecified atom stereocenters. The fourth-order valence-electron chi connectivity index (χ4n) is 2.30. The SMILES string of the molecule is CC(O)C1=CC=CC(O)C1(CO)NC(C)(C)C.